The summed E-state index contributed by atoms with van der Waals surface area (Å²) >= 11 is 0. The van der Waals surface area contributed by atoms with Crippen molar-refractivity contribution in [3.63, 3.8) is 0 Å². The average molecular weight is 367 g/mol. The third kappa shape index (κ3) is 6.26. The number of amides is 3. The minimum absolute atomic E-state index is 0.0926. The van der Waals surface area contributed by atoms with Crippen LogP contribution in [0, 0.1) is 13.8 Å². The molecule has 0 saturated heterocycles. The molecule has 0 heterocycles. The summed E-state index contributed by atoms with van der Waals surface area (Å²) in [6.45, 7) is 5.53. The smallest absolute Gasteiger partial charge is 0.251 e. The molecule has 2 aromatic carbocycles. The van der Waals surface area contributed by atoms with E-state index in [-0.39, 0.29) is 36.7 Å². The van der Waals surface area contributed by atoms with E-state index in [1.54, 1.807) is 31.2 Å². The fraction of sp³-hybridized carbons (Fsp3) is 0.286. The Morgan fingerprint density at radius 3 is 2.33 bits per heavy atom. The van der Waals surface area contributed by atoms with Crippen LogP contribution in [0.4, 0.5) is 5.69 Å². The van der Waals surface area contributed by atoms with E-state index in [1.165, 1.54) is 0 Å². The van der Waals surface area contributed by atoms with Crippen LogP contribution in [-0.2, 0) is 9.59 Å². The molecule has 3 N–H and O–H groups in total. The number of aryl methyl sites for hydroxylation is 1. The van der Waals surface area contributed by atoms with E-state index in [0.29, 0.717) is 5.56 Å². The monoisotopic (exact) mass is 367 g/mol. The molecule has 0 aliphatic rings. The third-order valence-electron chi connectivity index (χ3n) is 4.23. The van der Waals surface area contributed by atoms with Crippen molar-refractivity contribution in [3.8, 4) is 0 Å². The Bertz CT molecular complexity index is 819. The number of carbonyl (C=O) groups is 3. The Balaban J connectivity index is 1.76. The molecule has 0 spiro atoms. The molecule has 6 heteroatoms. The summed E-state index contributed by atoms with van der Waals surface area (Å²) in [4.78, 5) is 36.1. The Hall–Kier alpha value is -3.15. The highest BCUT2D eigenvalue weighted by molar-refractivity contribution is 5.96. The van der Waals surface area contributed by atoms with Gasteiger partial charge >= 0.3 is 0 Å². The van der Waals surface area contributed by atoms with Crippen LogP contribution in [0.15, 0.2) is 48.5 Å². The van der Waals surface area contributed by atoms with Crippen LogP contribution in [-0.4, -0.2) is 30.3 Å². The van der Waals surface area contributed by atoms with Crippen molar-refractivity contribution in [1.29, 1.82) is 0 Å². The van der Waals surface area contributed by atoms with Crippen molar-refractivity contribution in [2.75, 3.05) is 11.9 Å². The molecule has 2 rings (SSSR count). The van der Waals surface area contributed by atoms with Gasteiger partial charge in [0.15, 0.2) is 0 Å². The minimum atomic E-state index is -0.347. The van der Waals surface area contributed by atoms with Gasteiger partial charge in [0.1, 0.15) is 0 Å². The van der Waals surface area contributed by atoms with Gasteiger partial charge in [-0.05, 0) is 50.1 Å². The maximum atomic E-state index is 12.1. The summed E-state index contributed by atoms with van der Waals surface area (Å²) in [6, 6.07) is 14.1. The van der Waals surface area contributed by atoms with E-state index < -0.39 is 0 Å². The molecule has 1 atom stereocenters. The molecule has 2 aromatic rings. The highest BCUT2D eigenvalue weighted by Gasteiger charge is 2.14. The Labute approximate surface area is 159 Å². The van der Waals surface area contributed by atoms with Crippen molar-refractivity contribution in [3.05, 3.63) is 65.2 Å². The highest BCUT2D eigenvalue weighted by atomic mass is 16.2. The molecule has 27 heavy (non-hydrogen) atoms. The molecule has 3 amide bonds. The van der Waals surface area contributed by atoms with Crippen molar-refractivity contribution in [2.45, 2.75) is 33.2 Å². The van der Waals surface area contributed by atoms with Crippen LogP contribution in [0.25, 0.3) is 0 Å². The molecular weight excluding hydrogens is 342 g/mol. The average Bonchev–Trinajstić information content (AvgIpc) is 2.64. The lowest BCUT2D eigenvalue weighted by Crippen LogP contribution is -2.39. The topological polar surface area (TPSA) is 87.3 Å². The van der Waals surface area contributed by atoms with Crippen LogP contribution < -0.4 is 16.0 Å². The second-order valence-electron chi connectivity index (χ2n) is 6.52. The largest absolute Gasteiger partial charge is 0.349 e. The number of hydrogen-bond acceptors (Lipinski definition) is 3. The maximum absolute atomic E-state index is 12.1. The lowest BCUT2D eigenvalue weighted by atomic mass is 10.1. The van der Waals surface area contributed by atoms with E-state index in [4.69, 9.17) is 0 Å². The zero-order valence-electron chi connectivity index (χ0n) is 15.8. The van der Waals surface area contributed by atoms with Gasteiger partial charge in [0.2, 0.25) is 11.8 Å². The van der Waals surface area contributed by atoms with Gasteiger partial charge in [-0.25, -0.2) is 0 Å². The number of nitrogens with one attached hydrogen (secondary N) is 3. The fourth-order valence-corrected chi connectivity index (χ4v) is 2.56. The van der Waals surface area contributed by atoms with Crippen LogP contribution >= 0.6 is 0 Å². The molecule has 6 nitrogen and oxygen atoms in total. The van der Waals surface area contributed by atoms with E-state index in [9.17, 15) is 14.4 Å². The van der Waals surface area contributed by atoms with E-state index in [1.807, 2.05) is 38.1 Å². The van der Waals surface area contributed by atoms with Crippen LogP contribution in [0.1, 0.15) is 34.8 Å². The number of anilines is 1. The predicted molar refractivity (Wildman–Crippen MR) is 106 cm³/mol. The Morgan fingerprint density at radius 1 is 0.926 bits per heavy atom. The first kappa shape index (κ1) is 20.2. The minimum Gasteiger partial charge on any atom is -0.349 e. The van der Waals surface area contributed by atoms with Gasteiger partial charge < -0.3 is 16.0 Å². The normalized spacial score (nSPS) is 11.4. The molecule has 0 aliphatic heterocycles. The molecule has 142 valence electrons. The number of rotatable bonds is 7. The predicted octanol–water partition coefficient (Wildman–Crippen LogP) is 2.57. The number of benzene rings is 2. The number of hydrogen-bond donors (Lipinski definition) is 3. The maximum Gasteiger partial charge on any atom is 0.251 e. The van der Waals surface area contributed by atoms with E-state index >= 15 is 0 Å². The molecule has 0 fully saturated rings. The van der Waals surface area contributed by atoms with Gasteiger partial charge in [-0.3, -0.25) is 14.4 Å². The van der Waals surface area contributed by atoms with Crippen LogP contribution in [0.3, 0.4) is 0 Å². The quantitative estimate of drug-likeness (QED) is 0.703. The van der Waals surface area contributed by atoms with Gasteiger partial charge in [0, 0.05) is 23.7 Å². The van der Waals surface area contributed by atoms with Crippen molar-refractivity contribution >= 4 is 23.4 Å². The first-order chi connectivity index (χ1) is 12.9. The SMILES string of the molecule is Cc1cccc(NC(=O)CNC(=O)C[C@@H](C)NC(=O)c2ccccc2)c1C. The zero-order valence-corrected chi connectivity index (χ0v) is 15.8. The lowest BCUT2D eigenvalue weighted by molar-refractivity contribution is -0.124. The molecule has 0 unspecified atom stereocenters. The lowest BCUT2D eigenvalue weighted by Gasteiger charge is -2.14. The first-order valence-electron chi connectivity index (χ1n) is 8.85. The first-order valence-corrected chi connectivity index (χ1v) is 8.85. The van der Waals surface area contributed by atoms with E-state index in [2.05, 4.69) is 16.0 Å². The Kier molecular flexibility index (Phi) is 7.11. The summed E-state index contributed by atoms with van der Waals surface area (Å²) < 4.78 is 0. The Morgan fingerprint density at radius 2 is 1.63 bits per heavy atom. The second kappa shape index (κ2) is 9.52. The van der Waals surface area contributed by atoms with Crippen LogP contribution in [0.5, 0.6) is 0 Å². The van der Waals surface area contributed by atoms with Gasteiger partial charge in [-0.15, -0.1) is 0 Å². The molecule has 0 radical (unpaired) electrons. The molecular formula is C21H25N3O3. The summed E-state index contributed by atoms with van der Waals surface area (Å²) in [5.41, 5.74) is 3.35. The fourth-order valence-electron chi connectivity index (χ4n) is 2.56. The van der Waals surface area contributed by atoms with Crippen LogP contribution in [0.2, 0.25) is 0 Å². The standard InChI is InChI=1S/C21H25N3O3/c1-14-8-7-11-18(16(14)3)24-20(26)13-22-19(25)12-15(2)23-21(27)17-9-5-4-6-10-17/h4-11,15H,12-13H2,1-3H3,(H,22,25)(H,23,27)(H,24,26)/t15-/m1/s1. The highest BCUT2D eigenvalue weighted by Crippen LogP contribution is 2.17. The van der Waals surface area contributed by atoms with Crippen molar-refractivity contribution in [2.24, 2.45) is 0 Å². The summed E-state index contributed by atoms with van der Waals surface area (Å²) in [5, 5.41) is 8.14. The summed E-state index contributed by atoms with van der Waals surface area (Å²) in [6.07, 6.45) is 0.0926. The molecule has 0 bridgehead atoms. The molecule has 0 aliphatic carbocycles. The molecule has 0 aromatic heterocycles. The van der Waals surface area contributed by atoms with Crippen molar-refractivity contribution < 1.29 is 14.4 Å². The molecule has 0 saturated carbocycles. The van der Waals surface area contributed by atoms with Gasteiger partial charge in [0.05, 0.1) is 6.54 Å². The second-order valence-corrected chi connectivity index (χ2v) is 6.52. The van der Waals surface area contributed by atoms with Gasteiger partial charge in [-0.2, -0.15) is 0 Å². The van der Waals surface area contributed by atoms with Gasteiger partial charge in [0.25, 0.3) is 5.91 Å². The summed E-state index contributed by atoms with van der Waals surface area (Å²) in [5.74, 6) is -0.825. The van der Waals surface area contributed by atoms with E-state index in [0.717, 1.165) is 16.8 Å². The third-order valence-corrected chi connectivity index (χ3v) is 4.23. The summed E-state index contributed by atoms with van der Waals surface area (Å²) in [7, 11) is 0. The number of carbonyl (C=O) groups excluding carboxylic acids is 3. The van der Waals surface area contributed by atoms with Gasteiger partial charge in [-0.1, -0.05) is 30.3 Å². The zero-order chi connectivity index (χ0) is 19.8. The van der Waals surface area contributed by atoms with Crippen molar-refractivity contribution in [1.82, 2.24) is 10.6 Å².